The Morgan fingerprint density at radius 3 is 2.53 bits per heavy atom. The summed E-state index contributed by atoms with van der Waals surface area (Å²) in [6.45, 7) is 11.7. The summed E-state index contributed by atoms with van der Waals surface area (Å²) in [5.41, 5.74) is 3.29. The fourth-order valence-electron chi connectivity index (χ4n) is 4.08. The molecule has 0 fully saturated rings. The second-order valence-electron chi connectivity index (χ2n) is 9.22. The lowest BCUT2D eigenvalue weighted by Crippen LogP contribution is -2.37. The number of tetrazole rings is 1. The first kappa shape index (κ1) is 21.9. The van der Waals surface area contributed by atoms with Crippen molar-refractivity contribution in [3.05, 3.63) is 87.5 Å². The fourth-order valence-corrected chi connectivity index (χ4v) is 4.08. The van der Waals surface area contributed by atoms with Crippen LogP contribution in [0.2, 0.25) is 0 Å². The monoisotopic (exact) mass is 430 g/mol. The summed E-state index contributed by atoms with van der Waals surface area (Å²) in [7, 11) is 0. The molecule has 4 rings (SSSR count). The summed E-state index contributed by atoms with van der Waals surface area (Å²) < 4.78 is 1.82. The van der Waals surface area contributed by atoms with Crippen LogP contribution in [-0.4, -0.2) is 36.6 Å². The molecule has 7 nitrogen and oxygen atoms in total. The van der Waals surface area contributed by atoms with Gasteiger partial charge in [-0.2, -0.15) is 0 Å². The Morgan fingerprint density at radius 1 is 1.09 bits per heavy atom. The Balaban J connectivity index is 1.91. The Hall–Kier alpha value is -3.32. The zero-order valence-electron chi connectivity index (χ0n) is 19.3. The zero-order chi connectivity index (χ0) is 22.9. The van der Waals surface area contributed by atoms with Crippen molar-refractivity contribution in [3.8, 4) is 0 Å². The molecule has 0 saturated carbocycles. The molecule has 32 heavy (non-hydrogen) atoms. The number of benzene rings is 2. The highest BCUT2D eigenvalue weighted by Gasteiger charge is 2.32. The Kier molecular flexibility index (Phi) is 5.93. The van der Waals surface area contributed by atoms with Crippen molar-refractivity contribution in [1.29, 1.82) is 0 Å². The van der Waals surface area contributed by atoms with E-state index in [2.05, 4.69) is 71.3 Å². The van der Waals surface area contributed by atoms with E-state index in [1.54, 1.807) is 0 Å². The number of aryl methyl sites for hydroxylation is 1. The van der Waals surface area contributed by atoms with Gasteiger partial charge in [-0.15, -0.1) is 5.10 Å². The maximum Gasteiger partial charge on any atom is 0.253 e. The van der Waals surface area contributed by atoms with E-state index >= 15 is 0 Å². The standard InChI is InChI=1S/C25H30N6O/c1-6-30(16-18-10-8-7-9-11-18)22(23-27-28-29-31(23)25(3,4)5)20-15-19-13-12-17(2)14-21(19)26-24(20)32/h7-15,22H,6,16H2,1-5H3,(H,26,32)/t22-/m1/s1. The maximum absolute atomic E-state index is 13.4. The van der Waals surface area contributed by atoms with Gasteiger partial charge < -0.3 is 4.98 Å². The number of nitrogens with zero attached hydrogens (tertiary/aromatic N) is 5. The number of pyridine rings is 1. The minimum atomic E-state index is -0.399. The molecule has 2 aromatic carbocycles. The predicted molar refractivity (Wildman–Crippen MR) is 126 cm³/mol. The topological polar surface area (TPSA) is 79.7 Å². The number of hydrogen-bond acceptors (Lipinski definition) is 5. The molecule has 166 valence electrons. The average Bonchev–Trinajstić information content (AvgIpc) is 3.24. The summed E-state index contributed by atoms with van der Waals surface area (Å²) in [4.78, 5) is 18.7. The molecule has 0 unspecified atom stereocenters. The smallest absolute Gasteiger partial charge is 0.253 e. The summed E-state index contributed by atoms with van der Waals surface area (Å²) in [6, 6.07) is 17.9. The normalized spacial score (nSPS) is 13.1. The summed E-state index contributed by atoms with van der Waals surface area (Å²) >= 11 is 0. The minimum Gasteiger partial charge on any atom is -0.322 e. The van der Waals surface area contributed by atoms with E-state index in [-0.39, 0.29) is 11.1 Å². The molecule has 0 radical (unpaired) electrons. The third kappa shape index (κ3) is 4.34. The van der Waals surface area contributed by atoms with Gasteiger partial charge in [0.15, 0.2) is 5.82 Å². The van der Waals surface area contributed by atoms with Crippen LogP contribution in [-0.2, 0) is 12.1 Å². The van der Waals surface area contributed by atoms with Crippen LogP contribution in [0.15, 0.2) is 59.4 Å². The highest BCUT2D eigenvalue weighted by atomic mass is 16.1. The van der Waals surface area contributed by atoms with Crippen LogP contribution in [0.4, 0.5) is 0 Å². The molecule has 0 spiro atoms. The van der Waals surface area contributed by atoms with Gasteiger partial charge in [0.25, 0.3) is 5.56 Å². The molecule has 0 aliphatic rings. The summed E-state index contributed by atoms with van der Waals surface area (Å²) in [6.07, 6.45) is 0. The Bertz CT molecular complexity index is 1270. The van der Waals surface area contributed by atoms with Crippen molar-refractivity contribution < 1.29 is 0 Å². The van der Waals surface area contributed by atoms with Crippen molar-refractivity contribution in [3.63, 3.8) is 0 Å². The van der Waals surface area contributed by atoms with Crippen molar-refractivity contribution in [1.82, 2.24) is 30.1 Å². The molecular formula is C25H30N6O. The Morgan fingerprint density at radius 2 is 1.84 bits per heavy atom. The predicted octanol–water partition coefficient (Wildman–Crippen LogP) is 4.19. The lowest BCUT2D eigenvalue weighted by molar-refractivity contribution is 0.202. The molecule has 2 aromatic heterocycles. The summed E-state index contributed by atoms with van der Waals surface area (Å²) in [5.74, 6) is 0.659. The number of fused-ring (bicyclic) bond motifs is 1. The SMILES string of the molecule is CCN(Cc1ccccc1)[C@H](c1cc2ccc(C)cc2[nH]c1=O)c1nnnn1C(C)(C)C. The van der Waals surface area contributed by atoms with Gasteiger partial charge in [-0.25, -0.2) is 4.68 Å². The van der Waals surface area contributed by atoms with Crippen LogP contribution in [0, 0.1) is 6.92 Å². The van der Waals surface area contributed by atoms with Gasteiger partial charge in [0.2, 0.25) is 0 Å². The molecule has 7 heteroatoms. The number of H-pyrrole nitrogens is 1. The van der Waals surface area contributed by atoms with Crippen molar-refractivity contribution >= 4 is 10.9 Å². The molecule has 0 bridgehead atoms. The quantitative estimate of drug-likeness (QED) is 0.496. The van der Waals surface area contributed by atoms with E-state index in [1.165, 1.54) is 5.56 Å². The molecule has 2 heterocycles. The van der Waals surface area contributed by atoms with Crippen molar-refractivity contribution in [2.75, 3.05) is 6.54 Å². The molecule has 0 aliphatic heterocycles. The molecule has 0 amide bonds. The Labute approximate surface area is 188 Å². The lowest BCUT2D eigenvalue weighted by Gasteiger charge is -2.32. The highest BCUT2D eigenvalue weighted by molar-refractivity contribution is 5.79. The zero-order valence-corrected chi connectivity index (χ0v) is 19.3. The van der Waals surface area contributed by atoms with Gasteiger partial charge in [0.05, 0.1) is 5.54 Å². The van der Waals surface area contributed by atoms with Crippen LogP contribution in [0.3, 0.4) is 0 Å². The van der Waals surface area contributed by atoms with Crippen molar-refractivity contribution in [2.24, 2.45) is 0 Å². The van der Waals surface area contributed by atoms with Crippen LogP contribution in [0.5, 0.6) is 0 Å². The van der Waals surface area contributed by atoms with Gasteiger partial charge in [0.1, 0.15) is 6.04 Å². The van der Waals surface area contributed by atoms with Crippen LogP contribution < -0.4 is 5.56 Å². The number of rotatable bonds is 6. The van der Waals surface area contributed by atoms with E-state index in [0.29, 0.717) is 17.9 Å². The fraction of sp³-hybridized carbons (Fsp3) is 0.360. The molecule has 4 aromatic rings. The molecular weight excluding hydrogens is 400 g/mol. The van der Waals surface area contributed by atoms with Gasteiger partial charge in [-0.3, -0.25) is 9.69 Å². The van der Waals surface area contributed by atoms with E-state index < -0.39 is 6.04 Å². The number of hydrogen-bond donors (Lipinski definition) is 1. The minimum absolute atomic E-state index is 0.122. The first-order valence-corrected chi connectivity index (χ1v) is 11.0. The molecule has 0 aliphatic carbocycles. The number of aromatic nitrogens is 5. The largest absolute Gasteiger partial charge is 0.322 e. The van der Waals surface area contributed by atoms with E-state index in [1.807, 2.05) is 48.0 Å². The third-order valence-corrected chi connectivity index (χ3v) is 5.70. The van der Waals surface area contributed by atoms with Crippen LogP contribution >= 0.6 is 0 Å². The first-order chi connectivity index (χ1) is 15.3. The van der Waals surface area contributed by atoms with Gasteiger partial charge >= 0.3 is 0 Å². The lowest BCUT2D eigenvalue weighted by atomic mass is 10.0. The van der Waals surface area contributed by atoms with Crippen molar-refractivity contribution in [2.45, 2.75) is 52.7 Å². The number of nitrogens with one attached hydrogen (secondary N) is 1. The summed E-state index contributed by atoms with van der Waals surface area (Å²) in [5, 5.41) is 13.7. The van der Waals surface area contributed by atoms with Crippen LogP contribution in [0.25, 0.3) is 10.9 Å². The van der Waals surface area contributed by atoms with Gasteiger partial charge in [0, 0.05) is 17.6 Å². The van der Waals surface area contributed by atoms with Gasteiger partial charge in [-0.05, 0) is 73.3 Å². The average molecular weight is 431 g/mol. The first-order valence-electron chi connectivity index (χ1n) is 11.0. The van der Waals surface area contributed by atoms with E-state index in [9.17, 15) is 4.79 Å². The molecule has 1 N–H and O–H groups in total. The molecule has 1 atom stereocenters. The van der Waals surface area contributed by atoms with Crippen LogP contribution in [0.1, 0.15) is 56.3 Å². The van der Waals surface area contributed by atoms with E-state index in [4.69, 9.17) is 0 Å². The maximum atomic E-state index is 13.4. The van der Waals surface area contributed by atoms with Gasteiger partial charge in [-0.1, -0.05) is 49.4 Å². The third-order valence-electron chi connectivity index (χ3n) is 5.70. The van der Waals surface area contributed by atoms with E-state index in [0.717, 1.165) is 23.0 Å². The molecule has 0 saturated heterocycles. The second-order valence-corrected chi connectivity index (χ2v) is 9.22. The second kappa shape index (κ2) is 8.67. The highest BCUT2D eigenvalue weighted by Crippen LogP contribution is 2.30. The number of aromatic amines is 1.